The summed E-state index contributed by atoms with van der Waals surface area (Å²) < 4.78 is 5.50. The van der Waals surface area contributed by atoms with Crippen LogP contribution in [0.15, 0.2) is 24.3 Å². The number of non-ortho nitro benzene ring substituents is 1. The number of hydrogen-bond donors (Lipinski definition) is 1. The number of carbonyl (C=O) groups is 1. The van der Waals surface area contributed by atoms with Crippen LogP contribution in [-0.4, -0.2) is 48.6 Å². The van der Waals surface area contributed by atoms with Gasteiger partial charge in [-0.1, -0.05) is 0 Å². The predicted molar refractivity (Wildman–Crippen MR) is 81.5 cm³/mol. The number of morpholine rings is 1. The first-order chi connectivity index (χ1) is 10.3. The number of rotatable bonds is 4. The maximum atomic E-state index is 12.3. The number of nitrogens with zero attached hydrogens (tertiary/aromatic N) is 2. The lowest BCUT2D eigenvalue weighted by molar-refractivity contribution is -0.384. The van der Waals surface area contributed by atoms with Crippen LogP contribution in [0.1, 0.15) is 19.4 Å². The summed E-state index contributed by atoms with van der Waals surface area (Å²) in [5.74, 6) is -0.171. The van der Waals surface area contributed by atoms with Gasteiger partial charge in [0.25, 0.3) is 11.6 Å². The third-order valence-corrected chi connectivity index (χ3v) is 3.80. The van der Waals surface area contributed by atoms with Crippen LogP contribution in [0.5, 0.6) is 0 Å². The third kappa shape index (κ3) is 3.80. The van der Waals surface area contributed by atoms with Gasteiger partial charge >= 0.3 is 0 Å². The molecule has 0 bridgehead atoms. The molecule has 1 aromatic rings. The van der Waals surface area contributed by atoms with Crippen molar-refractivity contribution < 1.29 is 14.5 Å². The van der Waals surface area contributed by atoms with Gasteiger partial charge < -0.3 is 15.0 Å². The van der Waals surface area contributed by atoms with Gasteiger partial charge in [0.2, 0.25) is 0 Å². The highest BCUT2D eigenvalue weighted by Gasteiger charge is 2.30. The molecular weight excluding hydrogens is 286 g/mol. The molecular formula is C15H21N3O4. The van der Waals surface area contributed by atoms with Crippen molar-refractivity contribution in [3.8, 4) is 0 Å². The van der Waals surface area contributed by atoms with E-state index in [1.807, 2.05) is 25.8 Å². The van der Waals surface area contributed by atoms with Crippen molar-refractivity contribution in [1.29, 1.82) is 0 Å². The molecule has 1 N–H and O–H groups in total. The Labute approximate surface area is 129 Å². The Hall–Kier alpha value is -1.99. The minimum absolute atomic E-state index is 0.0307. The maximum absolute atomic E-state index is 12.3. The number of nitro benzene ring substituents is 1. The average Bonchev–Trinajstić information content (AvgIpc) is 2.47. The quantitative estimate of drug-likeness (QED) is 0.669. The number of ether oxygens (including phenoxy) is 1. The van der Waals surface area contributed by atoms with E-state index in [-0.39, 0.29) is 11.6 Å². The monoisotopic (exact) mass is 307 g/mol. The highest BCUT2D eigenvalue weighted by Crippen LogP contribution is 2.23. The normalized spacial score (nSPS) is 19.7. The molecule has 0 aliphatic carbocycles. The molecule has 0 saturated carbocycles. The molecule has 1 aliphatic rings. The first-order valence-electron chi connectivity index (χ1n) is 7.17. The SMILES string of the molecule is CN1CCO[C@H](C(=O)NC(C)(C)c2ccc([N+](=O)[O-])cc2)C1. The van der Waals surface area contributed by atoms with E-state index in [0.29, 0.717) is 13.2 Å². The Kier molecular flexibility index (Phi) is 4.77. The van der Waals surface area contributed by atoms with Gasteiger partial charge in [-0.3, -0.25) is 14.9 Å². The van der Waals surface area contributed by atoms with Gasteiger partial charge in [0.15, 0.2) is 0 Å². The van der Waals surface area contributed by atoms with E-state index in [1.54, 1.807) is 12.1 Å². The van der Waals surface area contributed by atoms with Crippen LogP contribution < -0.4 is 5.32 Å². The fraction of sp³-hybridized carbons (Fsp3) is 0.533. The summed E-state index contributed by atoms with van der Waals surface area (Å²) in [6.45, 7) is 5.63. The van der Waals surface area contributed by atoms with Gasteiger partial charge in [-0.05, 0) is 38.6 Å². The Bertz CT molecular complexity index is 556. The fourth-order valence-electron chi connectivity index (χ4n) is 2.40. The van der Waals surface area contributed by atoms with Gasteiger partial charge in [0.05, 0.1) is 17.1 Å². The summed E-state index contributed by atoms with van der Waals surface area (Å²) in [5, 5.41) is 13.6. The van der Waals surface area contributed by atoms with Gasteiger partial charge in [0, 0.05) is 25.2 Å². The Balaban J connectivity index is 2.06. The minimum Gasteiger partial charge on any atom is -0.366 e. The van der Waals surface area contributed by atoms with Crippen LogP contribution in [0.4, 0.5) is 5.69 Å². The zero-order chi connectivity index (χ0) is 16.3. The molecule has 7 nitrogen and oxygen atoms in total. The summed E-state index contributed by atoms with van der Waals surface area (Å²) >= 11 is 0. The van der Waals surface area contributed by atoms with Crippen molar-refractivity contribution >= 4 is 11.6 Å². The van der Waals surface area contributed by atoms with Crippen LogP contribution in [0.25, 0.3) is 0 Å². The van der Waals surface area contributed by atoms with Crippen molar-refractivity contribution in [2.24, 2.45) is 0 Å². The third-order valence-electron chi connectivity index (χ3n) is 3.80. The molecule has 1 heterocycles. The van der Waals surface area contributed by atoms with Gasteiger partial charge in [0.1, 0.15) is 6.10 Å². The van der Waals surface area contributed by atoms with Crippen LogP contribution in [0, 0.1) is 10.1 Å². The van der Waals surface area contributed by atoms with Crippen molar-refractivity contribution in [2.45, 2.75) is 25.5 Å². The van der Waals surface area contributed by atoms with Crippen LogP contribution in [-0.2, 0) is 15.1 Å². The number of amides is 1. The molecule has 0 radical (unpaired) electrons. The molecule has 1 atom stereocenters. The molecule has 0 unspecified atom stereocenters. The fourth-order valence-corrected chi connectivity index (χ4v) is 2.40. The Morgan fingerprint density at radius 3 is 2.59 bits per heavy atom. The predicted octanol–water partition coefficient (Wildman–Crippen LogP) is 1.28. The molecule has 22 heavy (non-hydrogen) atoms. The molecule has 1 amide bonds. The molecule has 0 aromatic heterocycles. The van der Waals surface area contributed by atoms with Gasteiger partial charge in [-0.2, -0.15) is 0 Å². The van der Waals surface area contributed by atoms with Crippen molar-refractivity contribution in [1.82, 2.24) is 10.2 Å². The molecule has 120 valence electrons. The first kappa shape index (κ1) is 16.4. The standard InChI is InChI=1S/C15H21N3O4/c1-15(2,11-4-6-12(7-5-11)18(20)21)16-14(19)13-10-17(3)8-9-22-13/h4-7,13H,8-10H2,1-3H3,(H,16,19)/t13-/m0/s1. The van der Waals surface area contributed by atoms with Crippen LogP contribution in [0.3, 0.4) is 0 Å². The smallest absolute Gasteiger partial charge is 0.269 e. The van der Waals surface area contributed by atoms with Crippen LogP contribution >= 0.6 is 0 Å². The molecule has 2 rings (SSSR count). The average molecular weight is 307 g/mol. The number of benzene rings is 1. The van der Waals surface area contributed by atoms with Gasteiger partial charge in [-0.15, -0.1) is 0 Å². The second kappa shape index (κ2) is 6.41. The zero-order valence-electron chi connectivity index (χ0n) is 13.0. The lowest BCUT2D eigenvalue weighted by atomic mass is 9.93. The second-order valence-corrected chi connectivity index (χ2v) is 6.04. The van der Waals surface area contributed by atoms with Crippen molar-refractivity contribution in [3.63, 3.8) is 0 Å². The van der Waals surface area contributed by atoms with E-state index >= 15 is 0 Å². The lowest BCUT2D eigenvalue weighted by Gasteiger charge is -2.33. The summed E-state index contributed by atoms with van der Waals surface area (Å²) in [6.07, 6.45) is -0.490. The van der Waals surface area contributed by atoms with E-state index in [9.17, 15) is 14.9 Å². The molecule has 1 aromatic carbocycles. The molecule has 1 aliphatic heterocycles. The molecule has 0 spiro atoms. The summed E-state index contributed by atoms with van der Waals surface area (Å²) in [5.41, 5.74) is 0.199. The molecule has 7 heteroatoms. The summed E-state index contributed by atoms with van der Waals surface area (Å²) in [4.78, 5) is 24.6. The summed E-state index contributed by atoms with van der Waals surface area (Å²) in [7, 11) is 1.95. The number of nitrogens with one attached hydrogen (secondary N) is 1. The Morgan fingerprint density at radius 1 is 1.41 bits per heavy atom. The van der Waals surface area contributed by atoms with E-state index in [1.165, 1.54) is 12.1 Å². The molecule has 1 fully saturated rings. The van der Waals surface area contributed by atoms with Crippen molar-refractivity contribution in [2.75, 3.05) is 26.7 Å². The maximum Gasteiger partial charge on any atom is 0.269 e. The van der Waals surface area contributed by atoms with Crippen LogP contribution in [0.2, 0.25) is 0 Å². The van der Waals surface area contributed by atoms with Crippen molar-refractivity contribution in [3.05, 3.63) is 39.9 Å². The minimum atomic E-state index is -0.633. The van der Waals surface area contributed by atoms with E-state index < -0.39 is 16.6 Å². The molecule has 1 saturated heterocycles. The second-order valence-electron chi connectivity index (χ2n) is 6.04. The lowest BCUT2D eigenvalue weighted by Crippen LogP contribution is -2.52. The van der Waals surface area contributed by atoms with E-state index in [4.69, 9.17) is 4.74 Å². The highest BCUT2D eigenvalue weighted by molar-refractivity contribution is 5.82. The van der Waals surface area contributed by atoms with E-state index in [2.05, 4.69) is 5.32 Å². The number of likely N-dealkylation sites (N-methyl/N-ethyl adjacent to an activating group) is 1. The first-order valence-corrected chi connectivity index (χ1v) is 7.17. The van der Waals surface area contributed by atoms with Gasteiger partial charge in [-0.25, -0.2) is 0 Å². The largest absolute Gasteiger partial charge is 0.366 e. The number of hydrogen-bond acceptors (Lipinski definition) is 5. The Morgan fingerprint density at radius 2 is 2.05 bits per heavy atom. The highest BCUT2D eigenvalue weighted by atomic mass is 16.6. The topological polar surface area (TPSA) is 84.7 Å². The zero-order valence-corrected chi connectivity index (χ0v) is 13.0. The van der Waals surface area contributed by atoms with E-state index in [0.717, 1.165) is 12.1 Å². The number of carbonyl (C=O) groups excluding carboxylic acids is 1. The number of nitro groups is 1. The summed E-state index contributed by atoms with van der Waals surface area (Å²) in [6, 6.07) is 6.20.